The fraction of sp³-hybridized carbons (Fsp3) is 0.500. The molecule has 0 bridgehead atoms. The molecule has 1 aliphatic heterocycles. The van der Waals surface area contributed by atoms with E-state index >= 15 is 0 Å². The van der Waals surface area contributed by atoms with Crippen LogP contribution in [0.1, 0.15) is 19.3 Å². The lowest BCUT2D eigenvalue weighted by atomic mass is 10.2. The zero-order chi connectivity index (χ0) is 15.5. The number of hydrogen-bond acceptors (Lipinski definition) is 3. The fourth-order valence-corrected chi connectivity index (χ4v) is 2.86. The van der Waals surface area contributed by atoms with Crippen LogP contribution in [0.25, 0.3) is 0 Å². The molecule has 1 unspecified atom stereocenters. The van der Waals surface area contributed by atoms with Crippen molar-refractivity contribution in [2.45, 2.75) is 25.3 Å². The zero-order valence-corrected chi connectivity index (χ0v) is 14.3. The number of carbonyl (C=O) groups is 2. The van der Waals surface area contributed by atoms with Crippen LogP contribution in [-0.4, -0.2) is 37.5 Å². The Morgan fingerprint density at radius 2 is 2.09 bits per heavy atom. The molecule has 126 valence electrons. The van der Waals surface area contributed by atoms with Crippen LogP contribution in [0.3, 0.4) is 0 Å². The third kappa shape index (κ3) is 4.83. The van der Waals surface area contributed by atoms with E-state index in [2.05, 4.69) is 10.6 Å². The van der Waals surface area contributed by atoms with Gasteiger partial charge in [-0.2, -0.15) is 0 Å². The normalized spacial score (nSPS) is 20.3. The summed E-state index contributed by atoms with van der Waals surface area (Å²) in [5.74, 6) is 0.545. The topological polar surface area (TPSA) is 61.4 Å². The molecule has 1 atom stereocenters. The van der Waals surface area contributed by atoms with Gasteiger partial charge in [0.15, 0.2) is 0 Å². The molecule has 7 heteroatoms. The number of amides is 2. The smallest absolute Gasteiger partial charge is 0.249 e. The summed E-state index contributed by atoms with van der Waals surface area (Å²) in [4.78, 5) is 25.9. The molecule has 2 N–H and O–H groups in total. The van der Waals surface area contributed by atoms with Crippen molar-refractivity contribution in [1.82, 2.24) is 10.6 Å². The summed E-state index contributed by atoms with van der Waals surface area (Å²) in [6.45, 7) is 1.76. The first-order chi connectivity index (χ1) is 10.6. The van der Waals surface area contributed by atoms with Crippen molar-refractivity contribution < 1.29 is 9.59 Å². The predicted octanol–water partition coefficient (Wildman–Crippen LogP) is 1.98. The highest BCUT2D eigenvalue weighted by Gasteiger charge is 2.33. The molecule has 0 aromatic heterocycles. The van der Waals surface area contributed by atoms with E-state index in [1.807, 2.05) is 12.1 Å². The van der Waals surface area contributed by atoms with E-state index in [0.29, 0.717) is 18.0 Å². The van der Waals surface area contributed by atoms with Crippen molar-refractivity contribution in [2.24, 2.45) is 5.92 Å². The molecule has 3 rings (SSSR count). The Balaban J connectivity index is 0.00000192. The Morgan fingerprint density at radius 3 is 2.78 bits per heavy atom. The average molecular weight is 358 g/mol. The maximum atomic E-state index is 12.4. The van der Waals surface area contributed by atoms with Gasteiger partial charge in [0.05, 0.1) is 6.54 Å². The van der Waals surface area contributed by atoms with Gasteiger partial charge in [-0.25, -0.2) is 0 Å². The van der Waals surface area contributed by atoms with Crippen molar-refractivity contribution >= 4 is 41.5 Å². The molecule has 1 aromatic rings. The maximum absolute atomic E-state index is 12.4. The van der Waals surface area contributed by atoms with Crippen LogP contribution in [0.5, 0.6) is 0 Å². The Hall–Kier alpha value is -1.30. The molecule has 1 heterocycles. The SMILES string of the molecule is Cl.O=C(CNCC1CC1)NC1CCN(c2cccc(Cl)c2)C1=O. The first-order valence-corrected chi connectivity index (χ1v) is 8.08. The van der Waals surface area contributed by atoms with Crippen molar-refractivity contribution in [3.05, 3.63) is 29.3 Å². The van der Waals surface area contributed by atoms with Crippen LogP contribution in [0.2, 0.25) is 5.02 Å². The summed E-state index contributed by atoms with van der Waals surface area (Å²) >= 11 is 5.96. The van der Waals surface area contributed by atoms with Crippen LogP contribution in [-0.2, 0) is 9.59 Å². The van der Waals surface area contributed by atoms with Crippen LogP contribution < -0.4 is 15.5 Å². The van der Waals surface area contributed by atoms with E-state index in [4.69, 9.17) is 11.6 Å². The predicted molar refractivity (Wildman–Crippen MR) is 93.2 cm³/mol. The van der Waals surface area contributed by atoms with Gasteiger partial charge >= 0.3 is 0 Å². The Kier molecular flexibility index (Phi) is 6.27. The molecule has 0 radical (unpaired) electrons. The second-order valence-corrected chi connectivity index (χ2v) is 6.39. The molecule has 23 heavy (non-hydrogen) atoms. The Bertz CT molecular complexity index is 578. The van der Waals surface area contributed by atoms with E-state index in [1.165, 1.54) is 12.8 Å². The second kappa shape index (κ2) is 7.99. The number of carbonyl (C=O) groups excluding carboxylic acids is 2. The fourth-order valence-electron chi connectivity index (χ4n) is 2.67. The lowest BCUT2D eigenvalue weighted by molar-refractivity contribution is -0.125. The van der Waals surface area contributed by atoms with Crippen LogP contribution in [0.4, 0.5) is 5.69 Å². The van der Waals surface area contributed by atoms with Gasteiger partial charge in [0.1, 0.15) is 6.04 Å². The number of hydrogen-bond donors (Lipinski definition) is 2. The molecule has 0 spiro atoms. The molecule has 2 fully saturated rings. The third-order valence-electron chi connectivity index (χ3n) is 4.08. The van der Waals surface area contributed by atoms with E-state index in [9.17, 15) is 9.59 Å². The molecule has 2 amide bonds. The first-order valence-electron chi connectivity index (χ1n) is 7.70. The summed E-state index contributed by atoms with van der Waals surface area (Å²) in [5.41, 5.74) is 0.779. The molecule has 1 aromatic carbocycles. The van der Waals surface area contributed by atoms with Crippen molar-refractivity contribution in [2.75, 3.05) is 24.5 Å². The highest BCUT2D eigenvalue weighted by atomic mass is 35.5. The van der Waals surface area contributed by atoms with E-state index in [-0.39, 0.29) is 30.8 Å². The quantitative estimate of drug-likeness (QED) is 0.818. The van der Waals surface area contributed by atoms with Crippen LogP contribution in [0.15, 0.2) is 24.3 Å². The summed E-state index contributed by atoms with van der Waals surface area (Å²) < 4.78 is 0. The molecular weight excluding hydrogens is 337 g/mol. The number of nitrogens with one attached hydrogen (secondary N) is 2. The number of benzene rings is 1. The lowest BCUT2D eigenvalue weighted by Gasteiger charge is -2.17. The van der Waals surface area contributed by atoms with Crippen LogP contribution in [0, 0.1) is 5.92 Å². The maximum Gasteiger partial charge on any atom is 0.249 e. The molecule has 5 nitrogen and oxygen atoms in total. The Morgan fingerprint density at radius 1 is 1.30 bits per heavy atom. The summed E-state index contributed by atoms with van der Waals surface area (Å²) in [6.07, 6.45) is 3.13. The molecule has 1 saturated heterocycles. The number of rotatable bonds is 6. The minimum atomic E-state index is -0.436. The summed E-state index contributed by atoms with van der Waals surface area (Å²) in [5, 5.41) is 6.54. The van der Waals surface area contributed by atoms with E-state index < -0.39 is 6.04 Å². The number of anilines is 1. The average Bonchev–Trinajstić information content (AvgIpc) is 3.24. The van der Waals surface area contributed by atoms with Crippen molar-refractivity contribution in [3.63, 3.8) is 0 Å². The molecular formula is C16H21Cl2N3O2. The second-order valence-electron chi connectivity index (χ2n) is 5.95. The first kappa shape index (κ1) is 18.0. The lowest BCUT2D eigenvalue weighted by Crippen LogP contribution is -2.45. The third-order valence-corrected chi connectivity index (χ3v) is 4.31. The standard InChI is InChI=1S/C16H20ClN3O2.ClH/c17-12-2-1-3-13(8-12)20-7-6-14(16(20)22)19-15(21)10-18-9-11-4-5-11;/h1-3,8,11,14,18H,4-7,9-10H2,(H,19,21);1H. The van der Waals surface area contributed by atoms with Gasteiger partial charge < -0.3 is 15.5 Å². The zero-order valence-electron chi connectivity index (χ0n) is 12.8. The molecule has 1 aliphatic carbocycles. The highest BCUT2D eigenvalue weighted by molar-refractivity contribution is 6.31. The van der Waals surface area contributed by atoms with Crippen LogP contribution >= 0.6 is 24.0 Å². The Labute approximate surface area is 147 Å². The number of halogens is 2. The van der Waals surface area contributed by atoms with Gasteiger partial charge in [0.2, 0.25) is 11.8 Å². The van der Waals surface area contributed by atoms with Gasteiger partial charge in [-0.15, -0.1) is 12.4 Å². The largest absolute Gasteiger partial charge is 0.343 e. The van der Waals surface area contributed by atoms with Gasteiger partial charge in [-0.05, 0) is 49.9 Å². The van der Waals surface area contributed by atoms with E-state index in [0.717, 1.165) is 18.2 Å². The van der Waals surface area contributed by atoms with Gasteiger partial charge in [0, 0.05) is 17.3 Å². The van der Waals surface area contributed by atoms with Gasteiger partial charge in [0.25, 0.3) is 0 Å². The van der Waals surface area contributed by atoms with Crippen molar-refractivity contribution in [3.8, 4) is 0 Å². The molecule has 2 aliphatic rings. The monoisotopic (exact) mass is 357 g/mol. The van der Waals surface area contributed by atoms with Gasteiger partial charge in [-0.3, -0.25) is 9.59 Å². The van der Waals surface area contributed by atoms with Gasteiger partial charge in [-0.1, -0.05) is 17.7 Å². The highest BCUT2D eigenvalue weighted by Crippen LogP contribution is 2.27. The summed E-state index contributed by atoms with van der Waals surface area (Å²) in [7, 11) is 0. The van der Waals surface area contributed by atoms with Crippen molar-refractivity contribution in [1.29, 1.82) is 0 Å². The van der Waals surface area contributed by atoms with E-state index in [1.54, 1.807) is 17.0 Å². The minimum absolute atomic E-state index is 0. The summed E-state index contributed by atoms with van der Waals surface area (Å²) in [6, 6.07) is 6.77. The minimum Gasteiger partial charge on any atom is -0.343 e. The number of nitrogens with zero attached hydrogens (tertiary/aromatic N) is 1. The molecule has 1 saturated carbocycles.